The highest BCUT2D eigenvalue weighted by Crippen LogP contribution is 2.29. The Hall–Kier alpha value is -3.16. The van der Waals surface area contributed by atoms with Gasteiger partial charge < -0.3 is 19.9 Å². The molecular formula is C25H31N5O3. The van der Waals surface area contributed by atoms with Gasteiger partial charge in [0.05, 0.1) is 18.7 Å². The van der Waals surface area contributed by atoms with Gasteiger partial charge in [-0.15, -0.1) is 5.10 Å². The largest absolute Gasteiger partial charge is 0.497 e. The van der Waals surface area contributed by atoms with Crippen LogP contribution in [0.3, 0.4) is 0 Å². The van der Waals surface area contributed by atoms with Crippen LogP contribution >= 0.6 is 0 Å². The molecule has 1 aromatic carbocycles. The molecule has 2 aromatic rings. The number of carbonyl (C=O) groups is 2. The van der Waals surface area contributed by atoms with Crippen molar-refractivity contribution in [2.45, 2.75) is 51.0 Å². The minimum Gasteiger partial charge on any atom is -0.497 e. The summed E-state index contributed by atoms with van der Waals surface area (Å²) >= 11 is 0. The third-order valence-corrected chi connectivity index (χ3v) is 7.08. The van der Waals surface area contributed by atoms with Crippen LogP contribution in [0.2, 0.25) is 0 Å². The molecule has 0 spiro atoms. The number of hydrogen-bond donors (Lipinski definition) is 1. The van der Waals surface area contributed by atoms with Crippen molar-refractivity contribution in [1.29, 1.82) is 0 Å². The molecule has 3 aliphatic rings. The number of ether oxygens (including phenoxy) is 1. The first kappa shape index (κ1) is 21.7. The van der Waals surface area contributed by atoms with E-state index in [1.54, 1.807) is 12.0 Å². The molecule has 0 saturated carbocycles. The molecule has 8 nitrogen and oxygen atoms in total. The molecule has 0 radical (unpaired) electrons. The Morgan fingerprint density at radius 1 is 1.12 bits per heavy atom. The van der Waals surface area contributed by atoms with Crippen molar-refractivity contribution < 1.29 is 14.3 Å². The third kappa shape index (κ3) is 4.65. The number of methoxy groups -OCH3 is 1. The lowest BCUT2D eigenvalue weighted by Gasteiger charge is -2.33. The summed E-state index contributed by atoms with van der Waals surface area (Å²) in [5.74, 6) is 1.28. The summed E-state index contributed by atoms with van der Waals surface area (Å²) in [5.41, 5.74) is 3.27. The average molecular weight is 450 g/mol. The van der Waals surface area contributed by atoms with E-state index in [2.05, 4.69) is 26.5 Å². The second-order valence-electron chi connectivity index (χ2n) is 9.26. The maximum atomic E-state index is 12.9. The Morgan fingerprint density at radius 3 is 2.76 bits per heavy atom. The fourth-order valence-electron chi connectivity index (χ4n) is 5.12. The molecule has 5 rings (SSSR count). The summed E-state index contributed by atoms with van der Waals surface area (Å²) in [4.78, 5) is 29.4. The van der Waals surface area contributed by atoms with Crippen molar-refractivity contribution in [1.82, 2.24) is 15.5 Å². The zero-order valence-electron chi connectivity index (χ0n) is 19.1. The number of aromatic nitrogens is 2. The number of hydrogen-bond acceptors (Lipinski definition) is 6. The number of rotatable bonds is 5. The fraction of sp³-hybridized carbons (Fsp3) is 0.520. The topological polar surface area (TPSA) is 87.7 Å². The summed E-state index contributed by atoms with van der Waals surface area (Å²) in [6.45, 7) is 2.09. The lowest BCUT2D eigenvalue weighted by atomic mass is 9.96. The van der Waals surface area contributed by atoms with Crippen LogP contribution in [0.4, 0.5) is 11.5 Å². The van der Waals surface area contributed by atoms with E-state index in [4.69, 9.17) is 4.74 Å². The van der Waals surface area contributed by atoms with E-state index in [0.717, 1.165) is 56.0 Å². The van der Waals surface area contributed by atoms with Crippen molar-refractivity contribution >= 4 is 23.3 Å². The molecule has 3 heterocycles. The van der Waals surface area contributed by atoms with Gasteiger partial charge in [0.2, 0.25) is 11.8 Å². The van der Waals surface area contributed by atoms with Gasteiger partial charge in [-0.2, -0.15) is 5.10 Å². The van der Waals surface area contributed by atoms with Crippen LogP contribution in [-0.2, 0) is 22.4 Å². The van der Waals surface area contributed by atoms with Crippen molar-refractivity contribution in [3.8, 4) is 5.75 Å². The predicted molar refractivity (Wildman–Crippen MR) is 126 cm³/mol. The maximum absolute atomic E-state index is 12.9. The minimum atomic E-state index is -0.326. The van der Waals surface area contributed by atoms with E-state index < -0.39 is 0 Å². The highest BCUT2D eigenvalue weighted by Gasteiger charge is 2.36. The van der Waals surface area contributed by atoms with Gasteiger partial charge in [-0.3, -0.25) is 9.59 Å². The van der Waals surface area contributed by atoms with Gasteiger partial charge in [0.15, 0.2) is 5.82 Å². The van der Waals surface area contributed by atoms with E-state index in [1.807, 2.05) is 24.3 Å². The Kier molecular flexibility index (Phi) is 6.15. The van der Waals surface area contributed by atoms with E-state index in [1.165, 1.54) is 18.4 Å². The number of carbonyl (C=O) groups excluding carboxylic acids is 2. The number of amides is 2. The third-order valence-electron chi connectivity index (χ3n) is 7.08. The van der Waals surface area contributed by atoms with Crippen molar-refractivity contribution in [2.75, 3.05) is 36.5 Å². The summed E-state index contributed by atoms with van der Waals surface area (Å²) in [6, 6.07) is 9.74. The Morgan fingerprint density at radius 2 is 1.94 bits per heavy atom. The lowest BCUT2D eigenvalue weighted by molar-refractivity contribution is -0.127. The van der Waals surface area contributed by atoms with Crippen LogP contribution in [0.25, 0.3) is 0 Å². The number of fused-ring (bicyclic) bond motifs is 1. The van der Waals surface area contributed by atoms with Crippen LogP contribution in [0.5, 0.6) is 5.75 Å². The molecule has 2 saturated heterocycles. The Balaban J connectivity index is 1.14. The monoisotopic (exact) mass is 449 g/mol. The predicted octanol–water partition coefficient (Wildman–Crippen LogP) is 2.50. The number of piperidine rings is 1. The van der Waals surface area contributed by atoms with E-state index in [-0.39, 0.29) is 30.2 Å². The van der Waals surface area contributed by atoms with Gasteiger partial charge in [-0.1, -0.05) is 6.07 Å². The summed E-state index contributed by atoms with van der Waals surface area (Å²) in [6.07, 6.45) is 6.54. The van der Waals surface area contributed by atoms with Gasteiger partial charge >= 0.3 is 0 Å². The van der Waals surface area contributed by atoms with Crippen molar-refractivity contribution in [3.63, 3.8) is 0 Å². The van der Waals surface area contributed by atoms with Crippen LogP contribution in [0.15, 0.2) is 30.3 Å². The van der Waals surface area contributed by atoms with Gasteiger partial charge in [0.1, 0.15) is 5.75 Å². The minimum absolute atomic E-state index is 0.0239. The Labute approximate surface area is 194 Å². The first-order chi connectivity index (χ1) is 16.1. The van der Waals surface area contributed by atoms with Gasteiger partial charge in [0, 0.05) is 43.9 Å². The Bertz CT molecular complexity index is 1030. The number of anilines is 2. The SMILES string of the molecule is COc1cccc(N2CC(C(=O)NC3CCN(c4cc5c(nn4)CCCC5)CC3)CC2=O)c1. The van der Waals surface area contributed by atoms with Crippen molar-refractivity contribution in [3.05, 3.63) is 41.6 Å². The highest BCUT2D eigenvalue weighted by molar-refractivity contribution is 6.00. The summed E-state index contributed by atoms with van der Waals surface area (Å²) in [5, 5.41) is 12.1. The molecule has 1 unspecified atom stereocenters. The number of nitrogens with one attached hydrogen (secondary N) is 1. The average Bonchev–Trinajstić information content (AvgIpc) is 3.26. The zero-order valence-corrected chi connectivity index (χ0v) is 19.1. The molecule has 2 aliphatic heterocycles. The molecular weight excluding hydrogens is 418 g/mol. The molecule has 174 valence electrons. The highest BCUT2D eigenvalue weighted by atomic mass is 16.5. The second kappa shape index (κ2) is 9.37. The molecule has 33 heavy (non-hydrogen) atoms. The van der Waals surface area contributed by atoms with Crippen LogP contribution < -0.4 is 19.9 Å². The van der Waals surface area contributed by atoms with E-state index in [9.17, 15) is 9.59 Å². The van der Waals surface area contributed by atoms with Gasteiger partial charge in [-0.05, 0) is 62.3 Å². The number of nitrogens with zero attached hydrogens (tertiary/aromatic N) is 4. The second-order valence-corrected chi connectivity index (χ2v) is 9.26. The smallest absolute Gasteiger partial charge is 0.227 e. The first-order valence-corrected chi connectivity index (χ1v) is 12.0. The number of aryl methyl sites for hydroxylation is 2. The normalized spacial score (nSPS) is 21.1. The maximum Gasteiger partial charge on any atom is 0.227 e. The first-order valence-electron chi connectivity index (χ1n) is 12.0. The number of benzene rings is 1. The standard InChI is InChI=1S/C25H31N5O3/c1-33-21-7-4-6-20(15-21)30-16-18(14-24(30)31)25(32)26-19-9-11-29(12-10-19)23-13-17-5-2-3-8-22(17)27-28-23/h4,6-7,13,15,18-19H,2-3,5,8-12,14,16H2,1H3,(H,26,32). The van der Waals surface area contributed by atoms with E-state index in [0.29, 0.717) is 12.3 Å². The van der Waals surface area contributed by atoms with Gasteiger partial charge in [0.25, 0.3) is 0 Å². The van der Waals surface area contributed by atoms with Crippen LogP contribution in [0.1, 0.15) is 43.4 Å². The fourth-order valence-corrected chi connectivity index (χ4v) is 5.12. The zero-order chi connectivity index (χ0) is 22.8. The summed E-state index contributed by atoms with van der Waals surface area (Å²) in [7, 11) is 1.60. The van der Waals surface area contributed by atoms with Crippen molar-refractivity contribution in [2.24, 2.45) is 5.92 Å². The lowest BCUT2D eigenvalue weighted by Crippen LogP contribution is -2.47. The molecule has 1 aliphatic carbocycles. The molecule has 1 aromatic heterocycles. The molecule has 2 fully saturated rings. The molecule has 8 heteroatoms. The molecule has 2 amide bonds. The van der Waals surface area contributed by atoms with E-state index >= 15 is 0 Å². The summed E-state index contributed by atoms with van der Waals surface area (Å²) < 4.78 is 5.26. The quantitative estimate of drug-likeness (QED) is 0.755. The van der Waals surface area contributed by atoms with Crippen LogP contribution in [0, 0.1) is 5.92 Å². The molecule has 0 bridgehead atoms. The molecule has 1 N–H and O–H groups in total. The molecule has 1 atom stereocenters. The van der Waals surface area contributed by atoms with Gasteiger partial charge in [-0.25, -0.2) is 0 Å². The van der Waals surface area contributed by atoms with Crippen LogP contribution in [-0.4, -0.2) is 54.8 Å².